The van der Waals surface area contributed by atoms with Gasteiger partial charge in [0.1, 0.15) is 19.3 Å². The molecule has 0 aliphatic carbocycles. The highest BCUT2D eigenvalue weighted by atomic mass is 16.5. The highest BCUT2D eigenvalue weighted by Gasteiger charge is 2.15. The van der Waals surface area contributed by atoms with Crippen LogP contribution >= 0.6 is 0 Å². The number of ether oxygens (including phenoxy) is 2. The van der Waals surface area contributed by atoms with Gasteiger partial charge in [0.2, 0.25) is 5.91 Å². The van der Waals surface area contributed by atoms with Crippen molar-refractivity contribution in [3.05, 3.63) is 35.9 Å². The summed E-state index contributed by atoms with van der Waals surface area (Å²) in [4.78, 5) is 33.6. The fourth-order valence-corrected chi connectivity index (χ4v) is 1.71. The van der Waals surface area contributed by atoms with E-state index in [0.717, 1.165) is 5.56 Å². The van der Waals surface area contributed by atoms with E-state index in [1.54, 1.807) is 6.92 Å². The Balaban J connectivity index is 2.14. The molecule has 0 saturated carbocycles. The Bertz CT molecular complexity index is 535. The van der Waals surface area contributed by atoms with E-state index in [0.29, 0.717) is 13.0 Å². The van der Waals surface area contributed by atoms with E-state index in [1.807, 2.05) is 30.3 Å². The van der Waals surface area contributed by atoms with E-state index in [1.165, 1.54) is 0 Å². The topological polar surface area (TPSA) is 114 Å². The zero-order valence-corrected chi connectivity index (χ0v) is 13.5. The van der Waals surface area contributed by atoms with Crippen LogP contribution in [0.1, 0.15) is 18.9 Å². The van der Waals surface area contributed by atoms with Crippen molar-refractivity contribution in [2.24, 2.45) is 0 Å². The SMILES string of the molecule is C[C@H](NC(=O)OCc1ccccc1)C(=O)NCCCOCC(=O)O. The van der Waals surface area contributed by atoms with Crippen molar-refractivity contribution >= 4 is 18.0 Å². The molecule has 2 amide bonds. The number of benzene rings is 1. The van der Waals surface area contributed by atoms with Crippen LogP contribution in [0.15, 0.2) is 30.3 Å². The maximum atomic E-state index is 11.8. The summed E-state index contributed by atoms with van der Waals surface area (Å²) in [5, 5.41) is 13.4. The summed E-state index contributed by atoms with van der Waals surface area (Å²) in [6.45, 7) is 1.86. The molecule has 3 N–H and O–H groups in total. The smallest absolute Gasteiger partial charge is 0.408 e. The average molecular weight is 338 g/mol. The van der Waals surface area contributed by atoms with Gasteiger partial charge in [-0.1, -0.05) is 30.3 Å². The molecule has 0 radical (unpaired) electrons. The minimum atomic E-state index is -1.04. The van der Waals surface area contributed by atoms with Gasteiger partial charge < -0.3 is 25.2 Å². The van der Waals surface area contributed by atoms with Crippen molar-refractivity contribution in [3.63, 3.8) is 0 Å². The predicted molar refractivity (Wildman–Crippen MR) is 85.3 cm³/mol. The summed E-state index contributed by atoms with van der Waals surface area (Å²) < 4.78 is 9.86. The second-order valence-corrected chi connectivity index (χ2v) is 5.02. The Kier molecular flexibility index (Phi) is 8.91. The maximum absolute atomic E-state index is 11.8. The number of alkyl carbamates (subject to hydrolysis) is 1. The number of hydrogen-bond donors (Lipinski definition) is 3. The van der Waals surface area contributed by atoms with Crippen LogP contribution in [0.4, 0.5) is 4.79 Å². The lowest BCUT2D eigenvalue weighted by molar-refractivity contribution is -0.142. The van der Waals surface area contributed by atoms with Crippen molar-refractivity contribution < 1.29 is 29.0 Å². The van der Waals surface area contributed by atoms with Gasteiger partial charge in [-0.25, -0.2) is 9.59 Å². The van der Waals surface area contributed by atoms with Crippen molar-refractivity contribution in [2.75, 3.05) is 19.8 Å². The minimum Gasteiger partial charge on any atom is -0.480 e. The van der Waals surface area contributed by atoms with Gasteiger partial charge in [0.15, 0.2) is 0 Å². The van der Waals surface area contributed by atoms with Crippen LogP contribution in [-0.2, 0) is 25.7 Å². The molecular weight excluding hydrogens is 316 g/mol. The number of carbonyl (C=O) groups excluding carboxylic acids is 2. The Labute approximate surface area is 140 Å². The normalized spacial score (nSPS) is 11.4. The quantitative estimate of drug-likeness (QED) is 0.546. The van der Waals surface area contributed by atoms with Crippen LogP contribution in [0.3, 0.4) is 0 Å². The molecule has 0 unspecified atom stereocenters. The van der Waals surface area contributed by atoms with Crippen LogP contribution in [0.25, 0.3) is 0 Å². The lowest BCUT2D eigenvalue weighted by Crippen LogP contribution is -2.45. The molecule has 8 heteroatoms. The summed E-state index contributed by atoms with van der Waals surface area (Å²) in [6, 6.07) is 8.46. The fraction of sp³-hybridized carbons (Fsp3) is 0.438. The number of amides is 2. The molecule has 132 valence electrons. The standard InChI is InChI=1S/C16H22N2O6/c1-12(15(21)17-8-5-9-23-11-14(19)20)18-16(22)24-10-13-6-3-2-4-7-13/h2-4,6-7,12H,5,8-11H2,1H3,(H,17,21)(H,18,22)(H,19,20)/t12-/m0/s1. The first kappa shape index (κ1) is 19.4. The Morgan fingerprint density at radius 1 is 1.21 bits per heavy atom. The number of carbonyl (C=O) groups is 3. The predicted octanol–water partition coefficient (Wildman–Crippen LogP) is 0.909. The van der Waals surface area contributed by atoms with Gasteiger partial charge in [0.25, 0.3) is 0 Å². The molecule has 1 aromatic carbocycles. The molecule has 0 fully saturated rings. The summed E-state index contributed by atoms with van der Waals surface area (Å²) in [6.07, 6.45) is -0.198. The van der Waals surface area contributed by atoms with Gasteiger partial charge in [-0.05, 0) is 18.9 Å². The molecule has 0 aliphatic rings. The number of aliphatic carboxylic acids is 1. The summed E-state index contributed by atoms with van der Waals surface area (Å²) in [7, 11) is 0. The van der Waals surface area contributed by atoms with Crippen molar-refractivity contribution in [1.82, 2.24) is 10.6 Å². The van der Waals surface area contributed by atoms with Crippen molar-refractivity contribution in [3.8, 4) is 0 Å². The van der Waals surface area contributed by atoms with E-state index >= 15 is 0 Å². The van der Waals surface area contributed by atoms with Crippen molar-refractivity contribution in [1.29, 1.82) is 0 Å². The summed E-state index contributed by atoms with van der Waals surface area (Å²) in [5.41, 5.74) is 0.853. The molecule has 1 atom stereocenters. The number of carboxylic acid groups (broad SMARTS) is 1. The molecule has 0 aromatic heterocycles. The first-order valence-electron chi connectivity index (χ1n) is 7.53. The Morgan fingerprint density at radius 3 is 2.58 bits per heavy atom. The second kappa shape index (κ2) is 11.0. The number of nitrogens with one attached hydrogen (secondary N) is 2. The second-order valence-electron chi connectivity index (χ2n) is 5.02. The third-order valence-electron chi connectivity index (χ3n) is 2.93. The van der Waals surface area contributed by atoms with Gasteiger partial charge in [-0.2, -0.15) is 0 Å². The minimum absolute atomic E-state index is 0.127. The number of rotatable bonds is 10. The molecule has 8 nitrogen and oxygen atoms in total. The first-order chi connectivity index (χ1) is 11.5. The molecular formula is C16H22N2O6. The maximum Gasteiger partial charge on any atom is 0.408 e. The summed E-state index contributed by atoms with van der Waals surface area (Å²) >= 11 is 0. The van der Waals surface area contributed by atoms with Crippen LogP contribution < -0.4 is 10.6 Å². The van der Waals surface area contributed by atoms with Gasteiger partial charge in [0, 0.05) is 13.2 Å². The lowest BCUT2D eigenvalue weighted by Gasteiger charge is -2.14. The van der Waals surface area contributed by atoms with Crippen LogP contribution in [0, 0.1) is 0 Å². The molecule has 0 bridgehead atoms. The molecule has 0 aliphatic heterocycles. The van der Waals surface area contributed by atoms with Crippen LogP contribution in [0.5, 0.6) is 0 Å². The number of hydrogen-bond acceptors (Lipinski definition) is 5. The van der Waals surface area contributed by atoms with Crippen LogP contribution in [-0.4, -0.2) is 48.9 Å². The molecule has 0 saturated heterocycles. The highest BCUT2D eigenvalue weighted by Crippen LogP contribution is 2.00. The van der Waals surface area contributed by atoms with Gasteiger partial charge in [-0.15, -0.1) is 0 Å². The zero-order chi connectivity index (χ0) is 17.8. The van der Waals surface area contributed by atoms with Crippen molar-refractivity contribution in [2.45, 2.75) is 26.0 Å². The zero-order valence-electron chi connectivity index (χ0n) is 13.5. The largest absolute Gasteiger partial charge is 0.480 e. The van der Waals surface area contributed by atoms with Gasteiger partial charge >= 0.3 is 12.1 Å². The first-order valence-corrected chi connectivity index (χ1v) is 7.53. The molecule has 0 spiro atoms. The third kappa shape index (κ3) is 8.74. The van der Waals surface area contributed by atoms with E-state index < -0.39 is 18.1 Å². The Hall–Kier alpha value is -2.61. The monoisotopic (exact) mass is 338 g/mol. The fourth-order valence-electron chi connectivity index (χ4n) is 1.71. The van der Waals surface area contributed by atoms with E-state index in [-0.39, 0.29) is 25.7 Å². The van der Waals surface area contributed by atoms with E-state index in [2.05, 4.69) is 10.6 Å². The molecule has 1 aromatic rings. The van der Waals surface area contributed by atoms with Gasteiger partial charge in [-0.3, -0.25) is 4.79 Å². The average Bonchev–Trinajstić information content (AvgIpc) is 2.56. The van der Waals surface area contributed by atoms with Crippen LogP contribution in [0.2, 0.25) is 0 Å². The highest BCUT2D eigenvalue weighted by molar-refractivity contribution is 5.85. The van der Waals surface area contributed by atoms with E-state index in [9.17, 15) is 14.4 Å². The molecule has 1 rings (SSSR count). The lowest BCUT2D eigenvalue weighted by atomic mass is 10.2. The number of carboxylic acids is 1. The van der Waals surface area contributed by atoms with Gasteiger partial charge in [0.05, 0.1) is 0 Å². The van der Waals surface area contributed by atoms with E-state index in [4.69, 9.17) is 14.6 Å². The molecule has 24 heavy (non-hydrogen) atoms. The Morgan fingerprint density at radius 2 is 1.92 bits per heavy atom. The summed E-state index contributed by atoms with van der Waals surface area (Å²) in [5.74, 6) is -1.39. The third-order valence-corrected chi connectivity index (χ3v) is 2.93. The molecule has 0 heterocycles.